The SMILES string of the molecule is CCCCCCCCC=CCCCCCCCCCC(=O)[O-].[Na+]. The average molecular weight is 333 g/mol. The standard InChI is InChI=1S/C20H38O2.Na/c1-2-3-4-5-6-7-8-9-10-11-12-13-14-15-16-17-18-19-20(21)22;/h9-10H,2-8,11-19H2,1H3,(H,21,22);/q;+1/p-1. The molecule has 0 atom stereocenters. The van der Waals surface area contributed by atoms with Gasteiger partial charge in [0.1, 0.15) is 0 Å². The molecule has 0 aliphatic rings. The first kappa shape index (κ1) is 25.5. The van der Waals surface area contributed by atoms with Gasteiger partial charge in [0.05, 0.1) is 0 Å². The van der Waals surface area contributed by atoms with Gasteiger partial charge in [-0.25, -0.2) is 0 Å². The summed E-state index contributed by atoms with van der Waals surface area (Å²) in [5.74, 6) is -0.909. The normalized spacial score (nSPS) is 10.8. The first-order chi connectivity index (χ1) is 10.8. The Kier molecular flexibility index (Phi) is 24.6. The summed E-state index contributed by atoms with van der Waals surface area (Å²) in [5, 5.41) is 10.2. The number of aliphatic carboxylic acids is 1. The number of allylic oxidation sites excluding steroid dienone is 2. The van der Waals surface area contributed by atoms with E-state index in [9.17, 15) is 9.90 Å². The molecule has 0 radical (unpaired) electrons. The van der Waals surface area contributed by atoms with E-state index in [-0.39, 0.29) is 36.0 Å². The molecule has 0 heterocycles. The third kappa shape index (κ3) is 24.6. The third-order valence-electron chi connectivity index (χ3n) is 4.14. The smallest absolute Gasteiger partial charge is 0.550 e. The van der Waals surface area contributed by atoms with Crippen molar-refractivity contribution < 1.29 is 39.5 Å². The summed E-state index contributed by atoms with van der Waals surface area (Å²) in [4.78, 5) is 10.2. The second kappa shape index (κ2) is 22.2. The van der Waals surface area contributed by atoms with Crippen molar-refractivity contribution in [3.05, 3.63) is 12.2 Å². The summed E-state index contributed by atoms with van der Waals surface area (Å²) >= 11 is 0. The molecule has 130 valence electrons. The van der Waals surface area contributed by atoms with Crippen LogP contribution in [0.5, 0.6) is 0 Å². The van der Waals surface area contributed by atoms with E-state index in [0.717, 1.165) is 12.8 Å². The van der Waals surface area contributed by atoms with Gasteiger partial charge >= 0.3 is 29.6 Å². The monoisotopic (exact) mass is 332 g/mol. The molecule has 0 fully saturated rings. The van der Waals surface area contributed by atoms with Crippen molar-refractivity contribution >= 4 is 5.97 Å². The summed E-state index contributed by atoms with van der Waals surface area (Å²) in [7, 11) is 0. The fraction of sp³-hybridized carbons (Fsp3) is 0.850. The van der Waals surface area contributed by atoms with Gasteiger partial charge < -0.3 is 9.90 Å². The summed E-state index contributed by atoms with van der Waals surface area (Å²) < 4.78 is 0. The largest absolute Gasteiger partial charge is 1.00 e. The topological polar surface area (TPSA) is 40.1 Å². The first-order valence-corrected chi connectivity index (χ1v) is 9.62. The van der Waals surface area contributed by atoms with Crippen molar-refractivity contribution in [2.45, 2.75) is 110 Å². The van der Waals surface area contributed by atoms with Crippen LogP contribution in [-0.4, -0.2) is 5.97 Å². The molecule has 0 spiro atoms. The predicted octanol–water partition coefficient (Wildman–Crippen LogP) is 2.56. The third-order valence-corrected chi connectivity index (χ3v) is 4.14. The summed E-state index contributed by atoms with van der Waals surface area (Å²) in [5.41, 5.74) is 0. The zero-order valence-electron chi connectivity index (χ0n) is 15.8. The van der Waals surface area contributed by atoms with Crippen LogP contribution < -0.4 is 34.7 Å². The Morgan fingerprint density at radius 2 is 1.09 bits per heavy atom. The number of unbranched alkanes of at least 4 members (excludes halogenated alkanes) is 13. The predicted molar refractivity (Wildman–Crippen MR) is 93.7 cm³/mol. The number of carbonyl (C=O) groups is 1. The average Bonchev–Trinajstić information content (AvgIpc) is 2.50. The minimum atomic E-state index is -0.909. The Labute approximate surface area is 166 Å². The molecule has 3 heteroatoms. The van der Waals surface area contributed by atoms with Gasteiger partial charge in [0.2, 0.25) is 0 Å². The molecule has 0 amide bonds. The van der Waals surface area contributed by atoms with Gasteiger partial charge in [-0.2, -0.15) is 0 Å². The second-order valence-electron chi connectivity index (χ2n) is 6.41. The first-order valence-electron chi connectivity index (χ1n) is 9.62. The molecule has 23 heavy (non-hydrogen) atoms. The maximum atomic E-state index is 10.2. The van der Waals surface area contributed by atoms with Crippen LogP contribution in [0.2, 0.25) is 0 Å². The van der Waals surface area contributed by atoms with Crippen molar-refractivity contribution in [3.63, 3.8) is 0 Å². The fourth-order valence-corrected chi connectivity index (χ4v) is 2.69. The molecule has 0 saturated heterocycles. The molecule has 0 unspecified atom stereocenters. The van der Waals surface area contributed by atoms with Gasteiger partial charge in [0.25, 0.3) is 0 Å². The van der Waals surface area contributed by atoms with Crippen LogP contribution in [0, 0.1) is 0 Å². The Bertz CT molecular complexity index is 264. The molecular weight excluding hydrogens is 295 g/mol. The van der Waals surface area contributed by atoms with Crippen molar-refractivity contribution in [3.8, 4) is 0 Å². The van der Waals surface area contributed by atoms with Crippen LogP contribution in [-0.2, 0) is 4.79 Å². The van der Waals surface area contributed by atoms with Crippen molar-refractivity contribution in [2.24, 2.45) is 0 Å². The second-order valence-corrected chi connectivity index (χ2v) is 6.41. The van der Waals surface area contributed by atoms with Crippen LogP contribution >= 0.6 is 0 Å². The molecule has 0 aliphatic carbocycles. The Morgan fingerprint density at radius 1 is 0.696 bits per heavy atom. The summed E-state index contributed by atoms with van der Waals surface area (Å²) in [6.07, 6.45) is 23.8. The summed E-state index contributed by atoms with van der Waals surface area (Å²) in [6, 6.07) is 0. The quantitative estimate of drug-likeness (QED) is 0.233. The number of hydrogen-bond donors (Lipinski definition) is 0. The van der Waals surface area contributed by atoms with Crippen molar-refractivity contribution in [1.29, 1.82) is 0 Å². The van der Waals surface area contributed by atoms with Crippen molar-refractivity contribution in [1.82, 2.24) is 0 Å². The van der Waals surface area contributed by atoms with E-state index in [1.807, 2.05) is 0 Å². The number of carboxylic acids is 1. The molecule has 0 saturated carbocycles. The van der Waals surface area contributed by atoms with Gasteiger partial charge in [-0.3, -0.25) is 0 Å². The van der Waals surface area contributed by atoms with Crippen LogP contribution in [0.4, 0.5) is 0 Å². The Morgan fingerprint density at radius 3 is 1.52 bits per heavy atom. The van der Waals surface area contributed by atoms with Gasteiger partial charge in [0.15, 0.2) is 0 Å². The van der Waals surface area contributed by atoms with E-state index in [0.29, 0.717) is 0 Å². The summed E-state index contributed by atoms with van der Waals surface area (Å²) in [6.45, 7) is 2.26. The number of rotatable bonds is 17. The number of carboxylic acid groups (broad SMARTS) is 1. The van der Waals surface area contributed by atoms with Crippen LogP contribution in [0.1, 0.15) is 110 Å². The van der Waals surface area contributed by atoms with Crippen LogP contribution in [0.3, 0.4) is 0 Å². The minimum absolute atomic E-state index is 0. The Balaban J connectivity index is 0. The van der Waals surface area contributed by atoms with Crippen molar-refractivity contribution in [2.75, 3.05) is 0 Å². The number of hydrogen-bond acceptors (Lipinski definition) is 2. The number of carbonyl (C=O) groups excluding carboxylic acids is 1. The Hall–Kier alpha value is 0.210. The molecule has 0 aromatic heterocycles. The molecule has 0 aromatic rings. The molecule has 0 rings (SSSR count). The minimum Gasteiger partial charge on any atom is -0.550 e. The zero-order chi connectivity index (χ0) is 16.3. The van der Waals surface area contributed by atoms with Gasteiger partial charge in [-0.05, 0) is 38.5 Å². The van der Waals surface area contributed by atoms with E-state index in [1.54, 1.807) is 0 Å². The van der Waals surface area contributed by atoms with E-state index in [2.05, 4.69) is 19.1 Å². The van der Waals surface area contributed by atoms with Gasteiger partial charge in [-0.1, -0.05) is 83.3 Å². The van der Waals surface area contributed by atoms with E-state index < -0.39 is 5.97 Å². The van der Waals surface area contributed by atoms with Gasteiger partial charge in [0, 0.05) is 5.97 Å². The van der Waals surface area contributed by atoms with Gasteiger partial charge in [-0.15, -0.1) is 0 Å². The molecule has 2 nitrogen and oxygen atoms in total. The van der Waals surface area contributed by atoms with E-state index in [1.165, 1.54) is 83.5 Å². The molecular formula is C20H37NaO2. The van der Waals surface area contributed by atoms with Crippen LogP contribution in [0.25, 0.3) is 0 Å². The fourth-order valence-electron chi connectivity index (χ4n) is 2.69. The zero-order valence-corrected chi connectivity index (χ0v) is 17.8. The van der Waals surface area contributed by atoms with Crippen LogP contribution in [0.15, 0.2) is 12.2 Å². The van der Waals surface area contributed by atoms with E-state index >= 15 is 0 Å². The molecule has 0 aromatic carbocycles. The molecule has 0 N–H and O–H groups in total. The molecule has 0 aliphatic heterocycles. The maximum Gasteiger partial charge on any atom is 1.00 e. The molecule has 0 bridgehead atoms. The maximum absolute atomic E-state index is 10.2. The van der Waals surface area contributed by atoms with E-state index in [4.69, 9.17) is 0 Å².